The van der Waals surface area contributed by atoms with Gasteiger partial charge in [-0.15, -0.1) is 0 Å². The summed E-state index contributed by atoms with van der Waals surface area (Å²) in [5, 5.41) is 27.7. The highest BCUT2D eigenvalue weighted by molar-refractivity contribution is 5.99. The molecule has 15 heteroatoms. The number of carbonyl (C=O) groups is 7. The number of hydrogen-bond acceptors (Lipinski definition) is 8. The van der Waals surface area contributed by atoms with Crippen LogP contribution in [-0.4, -0.2) is 106 Å². The van der Waals surface area contributed by atoms with Gasteiger partial charge in [-0.05, 0) is 76.0 Å². The van der Waals surface area contributed by atoms with Crippen molar-refractivity contribution in [1.29, 1.82) is 0 Å². The largest absolute Gasteiger partial charge is 0.391 e. The Hall–Kier alpha value is -5.31. The first kappa shape index (κ1) is 42.8. The second kappa shape index (κ2) is 18.8. The molecule has 3 aliphatic rings. The fourth-order valence-electron chi connectivity index (χ4n) is 8.14. The molecule has 5 rings (SSSR count). The Morgan fingerprint density at radius 3 is 2.11 bits per heavy atom. The first-order chi connectivity index (χ1) is 27.0. The van der Waals surface area contributed by atoms with E-state index in [2.05, 4.69) is 31.9 Å². The molecule has 0 aromatic heterocycles. The van der Waals surface area contributed by atoms with E-state index >= 15 is 0 Å². The second-order valence-electron chi connectivity index (χ2n) is 16.2. The number of fused-ring (bicyclic) bond motifs is 2. The lowest BCUT2D eigenvalue weighted by atomic mass is 9.98. The van der Waals surface area contributed by atoms with Gasteiger partial charge in [0, 0.05) is 30.6 Å². The van der Waals surface area contributed by atoms with Gasteiger partial charge >= 0.3 is 0 Å². The van der Waals surface area contributed by atoms with Crippen LogP contribution >= 0.6 is 0 Å². The van der Waals surface area contributed by atoms with Crippen LogP contribution in [0.3, 0.4) is 0 Å². The maximum Gasteiger partial charge on any atom is 0.252 e. The van der Waals surface area contributed by atoms with Crippen LogP contribution in [0.1, 0.15) is 86.8 Å². The highest BCUT2D eigenvalue weighted by Gasteiger charge is 2.45. The molecule has 1 saturated carbocycles. The number of nitrogens with zero attached hydrogens (tertiary/aromatic N) is 1. The van der Waals surface area contributed by atoms with Crippen molar-refractivity contribution in [3.8, 4) is 0 Å². The van der Waals surface area contributed by atoms with Crippen LogP contribution in [0.5, 0.6) is 0 Å². The van der Waals surface area contributed by atoms with Crippen LogP contribution in [0.25, 0.3) is 0 Å². The first-order valence-electron chi connectivity index (χ1n) is 19.9. The highest BCUT2D eigenvalue weighted by Crippen LogP contribution is 2.27. The molecule has 2 aromatic carbocycles. The third kappa shape index (κ3) is 10.6. The lowest BCUT2D eigenvalue weighted by Gasteiger charge is -2.31. The lowest BCUT2D eigenvalue weighted by molar-refractivity contribution is -0.143. The smallest absolute Gasteiger partial charge is 0.252 e. The van der Waals surface area contributed by atoms with Gasteiger partial charge in [-0.2, -0.15) is 0 Å². The number of aryl methyl sites for hydroxylation is 2. The summed E-state index contributed by atoms with van der Waals surface area (Å²) in [4.78, 5) is 98.9. The Labute approximate surface area is 333 Å². The summed E-state index contributed by atoms with van der Waals surface area (Å²) in [6.07, 6.45) is 0.441. The van der Waals surface area contributed by atoms with Gasteiger partial charge in [-0.25, -0.2) is 0 Å². The maximum absolute atomic E-state index is 14.7. The summed E-state index contributed by atoms with van der Waals surface area (Å²) >= 11 is 0. The Balaban J connectivity index is 1.52. The van der Waals surface area contributed by atoms with E-state index in [-0.39, 0.29) is 37.6 Å². The zero-order chi connectivity index (χ0) is 41.6. The molecule has 2 aromatic rings. The molecule has 2 saturated heterocycles. The Kier molecular flexibility index (Phi) is 14.1. The molecular weight excluding hydrogens is 731 g/mol. The van der Waals surface area contributed by atoms with Gasteiger partial charge in [-0.3, -0.25) is 33.6 Å². The van der Waals surface area contributed by atoms with Gasteiger partial charge in [0.15, 0.2) is 0 Å². The Morgan fingerprint density at radius 2 is 1.46 bits per heavy atom. The minimum atomic E-state index is -1.52. The summed E-state index contributed by atoms with van der Waals surface area (Å²) in [6.45, 7) is 10.2. The predicted molar refractivity (Wildman–Crippen MR) is 211 cm³/mol. The Morgan fingerprint density at radius 1 is 0.789 bits per heavy atom. The average molecular weight is 788 g/mol. The van der Waals surface area contributed by atoms with Gasteiger partial charge in [-0.1, -0.05) is 68.8 Å². The molecule has 0 bridgehead atoms. The third-order valence-corrected chi connectivity index (χ3v) is 11.2. The van der Waals surface area contributed by atoms with E-state index < -0.39 is 89.8 Å². The summed E-state index contributed by atoms with van der Waals surface area (Å²) in [7, 11) is 0. The number of amides is 7. The average Bonchev–Trinajstić information content (AvgIpc) is 3.79. The number of hydrogen-bond donors (Lipinski definition) is 7. The number of aliphatic hydroxyl groups excluding tert-OH is 1. The number of rotatable bonds is 7. The molecule has 7 amide bonds. The number of benzene rings is 2. The van der Waals surface area contributed by atoms with Crippen molar-refractivity contribution in [1.82, 2.24) is 36.8 Å². The van der Waals surface area contributed by atoms with Crippen molar-refractivity contribution in [2.24, 2.45) is 11.8 Å². The van der Waals surface area contributed by atoms with Crippen molar-refractivity contribution in [3.05, 3.63) is 70.8 Å². The van der Waals surface area contributed by atoms with E-state index in [1.54, 1.807) is 30.3 Å². The highest BCUT2D eigenvalue weighted by atomic mass is 16.3. The van der Waals surface area contributed by atoms with Crippen LogP contribution in [0.2, 0.25) is 0 Å². The molecule has 2 aliphatic heterocycles. The number of carbonyl (C=O) groups excluding carboxylic acids is 7. The Bertz CT molecular complexity index is 1810. The van der Waals surface area contributed by atoms with Crippen molar-refractivity contribution in [2.75, 3.05) is 6.54 Å². The molecule has 0 spiro atoms. The molecule has 308 valence electrons. The summed E-state index contributed by atoms with van der Waals surface area (Å²) < 4.78 is 0. The van der Waals surface area contributed by atoms with Gasteiger partial charge in [0.25, 0.3) is 5.91 Å². The van der Waals surface area contributed by atoms with Crippen LogP contribution in [0.4, 0.5) is 0 Å². The lowest BCUT2D eigenvalue weighted by Crippen LogP contribution is -2.61. The molecule has 15 nitrogen and oxygen atoms in total. The second-order valence-corrected chi connectivity index (χ2v) is 16.2. The molecular formula is C42H57N7O8. The van der Waals surface area contributed by atoms with E-state index in [1.807, 2.05) is 45.9 Å². The molecule has 7 N–H and O–H groups in total. The van der Waals surface area contributed by atoms with Crippen LogP contribution < -0.4 is 31.9 Å². The SMILES string of the molecule is Cc1cccc(C)c1C(=O)N[C@@H]1CC2C(=O)N[C@@H](C)C(=O)N[C@@H]3CCC[C@H]3C(=O)N[C@@H](CC(C)C)C(=O)N[C@@H]([C@@H](C)O)C(=O)N[C@@H](Cc3ccccc3)C(=O)N2C1. The molecule has 1 aliphatic carbocycles. The topological polar surface area (TPSA) is 215 Å². The summed E-state index contributed by atoms with van der Waals surface area (Å²) in [5.74, 6) is -4.83. The fraction of sp³-hybridized carbons (Fsp3) is 0.548. The number of nitrogens with one attached hydrogen (secondary N) is 6. The molecule has 3 fully saturated rings. The molecule has 0 radical (unpaired) electrons. The summed E-state index contributed by atoms with van der Waals surface area (Å²) in [6, 6.07) is 7.09. The molecule has 9 atom stereocenters. The van der Waals surface area contributed by atoms with E-state index in [9.17, 15) is 38.7 Å². The minimum Gasteiger partial charge on any atom is -0.391 e. The molecule has 1 unspecified atom stereocenters. The zero-order valence-corrected chi connectivity index (χ0v) is 33.6. The molecule has 2 heterocycles. The van der Waals surface area contributed by atoms with Crippen molar-refractivity contribution < 1.29 is 38.7 Å². The zero-order valence-electron chi connectivity index (χ0n) is 33.6. The molecule has 57 heavy (non-hydrogen) atoms. The standard InChI is InChI=1S/C42H57N7O8/c1-22(2)18-31-38(53)48-35(26(6)50)41(56)47-32(19-27-14-8-7-9-15-27)42(57)49-21-28(44-40(55)34-23(3)12-10-13-24(34)4)20-33(49)39(54)43-25(5)36(51)45-30-17-11-16-29(30)37(52)46-31/h7-10,12-15,22,25-26,28-33,35,50H,11,16-21H2,1-6H3,(H,43,54)(H,44,55)(H,45,51)(H,46,52)(H,47,56)(H,48,53)/t25-,26+,28+,29+,30+,31-,32-,33?,35-/m0/s1. The monoisotopic (exact) mass is 787 g/mol. The number of aliphatic hydroxyl groups is 1. The van der Waals surface area contributed by atoms with E-state index in [0.29, 0.717) is 30.4 Å². The normalized spacial score (nSPS) is 28.4. The van der Waals surface area contributed by atoms with Crippen molar-refractivity contribution >= 4 is 41.4 Å². The van der Waals surface area contributed by atoms with Crippen molar-refractivity contribution in [3.63, 3.8) is 0 Å². The van der Waals surface area contributed by atoms with Crippen LogP contribution in [0.15, 0.2) is 48.5 Å². The van der Waals surface area contributed by atoms with E-state index in [4.69, 9.17) is 0 Å². The van der Waals surface area contributed by atoms with Crippen LogP contribution in [-0.2, 0) is 35.2 Å². The van der Waals surface area contributed by atoms with Gasteiger partial charge in [0.05, 0.1) is 12.0 Å². The minimum absolute atomic E-state index is 0.0101. The van der Waals surface area contributed by atoms with Crippen molar-refractivity contribution in [2.45, 2.75) is 128 Å². The van der Waals surface area contributed by atoms with Gasteiger partial charge in [0.1, 0.15) is 30.2 Å². The predicted octanol–water partition coefficient (Wildman–Crippen LogP) is 0.930. The third-order valence-electron chi connectivity index (χ3n) is 11.2. The first-order valence-corrected chi connectivity index (χ1v) is 19.9. The van der Waals surface area contributed by atoms with Gasteiger partial charge in [0.2, 0.25) is 35.4 Å². The van der Waals surface area contributed by atoms with E-state index in [0.717, 1.165) is 11.1 Å². The summed E-state index contributed by atoms with van der Waals surface area (Å²) in [5.41, 5.74) is 2.68. The quantitative estimate of drug-likeness (QED) is 0.214. The maximum atomic E-state index is 14.7. The fourth-order valence-corrected chi connectivity index (χ4v) is 8.14. The van der Waals surface area contributed by atoms with Crippen LogP contribution in [0, 0.1) is 25.7 Å². The van der Waals surface area contributed by atoms with Gasteiger partial charge < -0.3 is 41.9 Å². The van der Waals surface area contributed by atoms with E-state index in [1.165, 1.54) is 18.7 Å².